The number of hydrogen-bond acceptors (Lipinski definition) is 5. The van der Waals surface area contributed by atoms with Gasteiger partial charge in [0.25, 0.3) is 0 Å². The summed E-state index contributed by atoms with van der Waals surface area (Å²) in [6.07, 6.45) is 8.92. The first kappa shape index (κ1) is 20.1. The summed E-state index contributed by atoms with van der Waals surface area (Å²) in [5, 5.41) is 22.1. The normalized spacial score (nSPS) is 29.3. The van der Waals surface area contributed by atoms with E-state index in [1.165, 1.54) is 50.3 Å². The van der Waals surface area contributed by atoms with Gasteiger partial charge in [0.1, 0.15) is 5.82 Å². The van der Waals surface area contributed by atoms with Crippen LogP contribution < -0.4 is 5.32 Å². The Morgan fingerprint density at radius 3 is 2.40 bits per heavy atom. The Bertz CT molecular complexity index is 863. The summed E-state index contributed by atoms with van der Waals surface area (Å²) in [6.45, 7) is 0.123. The lowest BCUT2D eigenvalue weighted by Gasteiger charge is -2.56. The molecule has 160 valence electrons. The van der Waals surface area contributed by atoms with Gasteiger partial charge in [0, 0.05) is 24.3 Å². The molecule has 4 saturated carbocycles. The van der Waals surface area contributed by atoms with E-state index in [2.05, 4.69) is 15.5 Å². The van der Waals surface area contributed by atoms with Crippen LogP contribution in [-0.2, 0) is 11.2 Å². The quantitative estimate of drug-likeness (QED) is 0.633. The van der Waals surface area contributed by atoms with Crippen molar-refractivity contribution in [2.45, 2.75) is 62.1 Å². The molecule has 30 heavy (non-hydrogen) atoms. The maximum absolute atomic E-state index is 12.9. The Balaban J connectivity index is 1.27. The van der Waals surface area contributed by atoms with Gasteiger partial charge >= 0.3 is 0 Å². The lowest BCUT2D eigenvalue weighted by Crippen LogP contribution is -2.60. The molecular weight excluding hydrogens is 396 g/mol. The third kappa shape index (κ3) is 4.02. The molecule has 1 aromatic carbocycles. The lowest BCUT2D eigenvalue weighted by molar-refractivity contribution is -0.124. The summed E-state index contributed by atoms with van der Waals surface area (Å²) in [7, 11) is 0. The Morgan fingerprint density at radius 1 is 1.10 bits per heavy atom. The van der Waals surface area contributed by atoms with Crippen LogP contribution in [-0.4, -0.2) is 43.7 Å². The maximum Gasteiger partial charge on any atom is 0.230 e. The molecule has 2 N–H and O–H groups in total. The van der Waals surface area contributed by atoms with Crippen LogP contribution in [0.1, 0.15) is 50.8 Å². The van der Waals surface area contributed by atoms with Crippen molar-refractivity contribution >= 4 is 17.7 Å². The van der Waals surface area contributed by atoms with Gasteiger partial charge in [-0.25, -0.2) is 0 Å². The minimum Gasteiger partial charge on any atom is -0.396 e. The zero-order valence-corrected chi connectivity index (χ0v) is 18.1. The number of hydrogen-bond donors (Lipinski definition) is 2. The molecule has 0 atom stereocenters. The fraction of sp³-hybridized carbons (Fsp3) is 0.609. The first-order valence-electron chi connectivity index (χ1n) is 11.2. The molecule has 6 nitrogen and oxygen atoms in total. The third-order valence-electron chi connectivity index (χ3n) is 7.05. The number of nitrogens with one attached hydrogen (secondary N) is 1. The van der Waals surface area contributed by atoms with Crippen molar-refractivity contribution in [3.8, 4) is 5.69 Å². The smallest absolute Gasteiger partial charge is 0.230 e. The van der Waals surface area contributed by atoms with Crippen molar-refractivity contribution in [2.24, 2.45) is 17.8 Å². The van der Waals surface area contributed by atoms with Gasteiger partial charge in [-0.2, -0.15) is 0 Å². The van der Waals surface area contributed by atoms with Crippen LogP contribution in [0.4, 0.5) is 0 Å². The van der Waals surface area contributed by atoms with E-state index < -0.39 is 0 Å². The van der Waals surface area contributed by atoms with Crippen LogP contribution in [0.5, 0.6) is 0 Å². The highest BCUT2D eigenvalue weighted by molar-refractivity contribution is 7.99. The molecule has 1 heterocycles. The molecule has 4 fully saturated rings. The summed E-state index contributed by atoms with van der Waals surface area (Å²) >= 11 is 1.45. The Morgan fingerprint density at radius 2 is 1.77 bits per heavy atom. The highest BCUT2D eigenvalue weighted by Gasteiger charge is 2.51. The standard InChI is InChI=1S/C23H30N4O2S/c28-8-4-7-20-25-26-22(27(20)19-5-2-1-3-6-19)30-15-21(29)24-23-12-16-9-17(13-23)11-18(10-16)14-23/h1-3,5-6,16-18,28H,4,7-15H2,(H,24,29). The van der Waals surface area contributed by atoms with Gasteiger partial charge in [-0.1, -0.05) is 30.0 Å². The largest absolute Gasteiger partial charge is 0.396 e. The summed E-state index contributed by atoms with van der Waals surface area (Å²) in [5.41, 5.74) is 1.03. The molecule has 4 bridgehead atoms. The highest BCUT2D eigenvalue weighted by Crippen LogP contribution is 2.55. The number of nitrogens with zero attached hydrogens (tertiary/aromatic N) is 3. The molecule has 0 saturated heterocycles. The first-order valence-corrected chi connectivity index (χ1v) is 12.2. The second-order valence-corrected chi connectivity index (χ2v) is 10.4. The van der Waals surface area contributed by atoms with Gasteiger partial charge in [-0.3, -0.25) is 9.36 Å². The molecule has 0 spiro atoms. The summed E-state index contributed by atoms with van der Waals surface area (Å²) in [4.78, 5) is 12.9. The number of aliphatic hydroxyl groups is 1. The van der Waals surface area contributed by atoms with Gasteiger partial charge in [0.2, 0.25) is 5.91 Å². The topological polar surface area (TPSA) is 80.0 Å². The number of thioether (sulfide) groups is 1. The van der Waals surface area contributed by atoms with Crippen LogP contribution in [0, 0.1) is 17.8 Å². The predicted octanol–water partition coefficient (Wildman–Crippen LogP) is 3.37. The minimum atomic E-state index is 0.0474. The van der Waals surface area contributed by atoms with Crippen molar-refractivity contribution in [2.75, 3.05) is 12.4 Å². The van der Waals surface area contributed by atoms with E-state index in [4.69, 9.17) is 0 Å². The lowest BCUT2D eigenvalue weighted by atomic mass is 9.53. The molecule has 4 aliphatic rings. The predicted molar refractivity (Wildman–Crippen MR) is 117 cm³/mol. The molecule has 1 amide bonds. The fourth-order valence-corrected chi connectivity index (χ4v) is 7.13. The van der Waals surface area contributed by atoms with E-state index in [0.29, 0.717) is 18.6 Å². The molecule has 4 aliphatic carbocycles. The van der Waals surface area contributed by atoms with Gasteiger partial charge in [0.05, 0.1) is 5.75 Å². The minimum absolute atomic E-state index is 0.0474. The van der Waals surface area contributed by atoms with Crippen LogP contribution >= 0.6 is 11.8 Å². The first-order chi connectivity index (χ1) is 14.6. The van der Waals surface area contributed by atoms with Crippen molar-refractivity contribution < 1.29 is 9.90 Å². The van der Waals surface area contributed by atoms with E-state index in [1.54, 1.807) is 0 Å². The zero-order chi connectivity index (χ0) is 20.6. The SMILES string of the molecule is O=C(CSc1nnc(CCCO)n1-c1ccccc1)NC12CC3CC(CC(C3)C1)C2. The van der Waals surface area contributed by atoms with Crippen molar-refractivity contribution in [3.63, 3.8) is 0 Å². The molecule has 0 unspecified atom stereocenters. The summed E-state index contributed by atoms with van der Waals surface area (Å²) in [5.74, 6) is 3.74. The Hall–Kier alpha value is -1.86. The number of para-hydroxylation sites is 1. The van der Waals surface area contributed by atoms with Crippen LogP contribution in [0.2, 0.25) is 0 Å². The van der Waals surface area contributed by atoms with Crippen LogP contribution in [0.3, 0.4) is 0 Å². The highest BCUT2D eigenvalue weighted by atomic mass is 32.2. The third-order valence-corrected chi connectivity index (χ3v) is 7.98. The molecule has 6 rings (SSSR count). The van der Waals surface area contributed by atoms with E-state index >= 15 is 0 Å². The number of carbonyl (C=O) groups is 1. The van der Waals surface area contributed by atoms with Gasteiger partial charge in [-0.05, 0) is 74.8 Å². The molecule has 0 radical (unpaired) electrons. The molecule has 0 aliphatic heterocycles. The van der Waals surface area contributed by atoms with Gasteiger partial charge < -0.3 is 10.4 Å². The molecule has 7 heteroatoms. The number of amides is 1. The number of rotatable bonds is 8. The maximum atomic E-state index is 12.9. The van der Waals surface area contributed by atoms with Crippen LogP contribution in [0.25, 0.3) is 5.69 Å². The van der Waals surface area contributed by atoms with Crippen LogP contribution in [0.15, 0.2) is 35.5 Å². The number of aryl methyl sites for hydroxylation is 1. The average Bonchev–Trinajstić information content (AvgIpc) is 3.13. The Kier molecular flexibility index (Phi) is 5.58. The van der Waals surface area contributed by atoms with Crippen molar-refractivity contribution in [1.82, 2.24) is 20.1 Å². The van der Waals surface area contributed by atoms with Crippen molar-refractivity contribution in [1.29, 1.82) is 0 Å². The zero-order valence-electron chi connectivity index (χ0n) is 17.3. The van der Waals surface area contributed by atoms with E-state index in [9.17, 15) is 9.90 Å². The number of carbonyl (C=O) groups excluding carboxylic acids is 1. The molecule has 1 aromatic heterocycles. The second-order valence-electron chi connectivity index (χ2n) is 9.43. The van der Waals surface area contributed by atoms with Gasteiger partial charge in [-0.15, -0.1) is 10.2 Å². The van der Waals surface area contributed by atoms with Gasteiger partial charge in [0.15, 0.2) is 5.16 Å². The summed E-state index contributed by atoms with van der Waals surface area (Å²) < 4.78 is 2.01. The second kappa shape index (κ2) is 8.35. The van der Waals surface area contributed by atoms with E-state index in [-0.39, 0.29) is 18.1 Å². The summed E-state index contributed by atoms with van der Waals surface area (Å²) in [6, 6.07) is 9.99. The monoisotopic (exact) mass is 426 g/mol. The number of aliphatic hydroxyl groups excluding tert-OH is 1. The Labute approximate surface area is 181 Å². The number of benzene rings is 1. The van der Waals surface area contributed by atoms with E-state index in [1.807, 2.05) is 34.9 Å². The van der Waals surface area contributed by atoms with E-state index in [0.717, 1.165) is 34.4 Å². The average molecular weight is 427 g/mol. The van der Waals surface area contributed by atoms with Crippen molar-refractivity contribution in [3.05, 3.63) is 36.2 Å². The fourth-order valence-electron chi connectivity index (χ4n) is 6.35. The molecule has 2 aromatic rings. The number of aromatic nitrogens is 3. The molecular formula is C23H30N4O2S.